The lowest BCUT2D eigenvalue weighted by Gasteiger charge is -2.54. The van der Waals surface area contributed by atoms with E-state index in [1.165, 1.54) is 13.8 Å². The number of rotatable bonds is 6. The van der Waals surface area contributed by atoms with Crippen LogP contribution in [0.15, 0.2) is 0 Å². The van der Waals surface area contributed by atoms with Crippen molar-refractivity contribution in [2.75, 3.05) is 0 Å². The molecule has 2 rings (SSSR count). The van der Waals surface area contributed by atoms with E-state index in [-0.39, 0.29) is 12.8 Å². The largest absolute Gasteiger partial charge is 0.462 e. The molecule has 12 nitrogen and oxygen atoms in total. The van der Waals surface area contributed by atoms with Gasteiger partial charge in [-0.25, -0.2) is 0 Å². The van der Waals surface area contributed by atoms with E-state index < -0.39 is 84.3 Å². The minimum Gasteiger partial charge on any atom is -0.462 e. The van der Waals surface area contributed by atoms with Crippen molar-refractivity contribution >= 4 is 35.8 Å². The Kier molecular flexibility index (Phi) is 9.00. The van der Waals surface area contributed by atoms with Crippen molar-refractivity contribution in [3.63, 3.8) is 0 Å². The second-order valence-electron chi connectivity index (χ2n) is 8.32. The number of fused-ring (bicyclic) bond motifs is 1. The number of carbonyl (C=O) groups is 6. The fourth-order valence-corrected chi connectivity index (χ4v) is 4.91. The first-order valence-corrected chi connectivity index (χ1v) is 10.8. The van der Waals surface area contributed by atoms with E-state index >= 15 is 0 Å². The molecule has 0 amide bonds. The van der Waals surface area contributed by atoms with Gasteiger partial charge in [0.05, 0.1) is 0 Å². The Labute approximate surface area is 196 Å². The van der Waals surface area contributed by atoms with Crippen LogP contribution in [0.2, 0.25) is 0 Å². The van der Waals surface area contributed by atoms with Crippen LogP contribution in [0.1, 0.15) is 54.4 Å². The van der Waals surface area contributed by atoms with Crippen molar-refractivity contribution in [3.8, 4) is 0 Å². The Balaban J connectivity index is 2.73. The fraction of sp³-hybridized carbons (Fsp3) is 0.727. The lowest BCUT2D eigenvalue weighted by Crippen LogP contribution is -2.68. The van der Waals surface area contributed by atoms with Crippen molar-refractivity contribution in [1.29, 1.82) is 0 Å². The summed E-state index contributed by atoms with van der Waals surface area (Å²) in [7, 11) is 0. The van der Waals surface area contributed by atoms with Gasteiger partial charge in [-0.2, -0.15) is 0 Å². The number of hydrogen-bond acceptors (Lipinski definition) is 12. The molecule has 12 heteroatoms. The Morgan fingerprint density at radius 3 is 0.882 bits per heavy atom. The Morgan fingerprint density at radius 1 is 0.412 bits per heavy atom. The number of hydrogen-bond donors (Lipinski definition) is 0. The summed E-state index contributed by atoms with van der Waals surface area (Å²) in [6.45, 7) is 6.87. The third kappa shape index (κ3) is 6.67. The first kappa shape index (κ1) is 27.1. The maximum Gasteiger partial charge on any atom is 0.303 e. The standard InChI is InChI=1S/C22H30O12/c1-9(23)29-15-7-8-16(30-10(2)24)18-17(15)19(31-11(3)25)21(33-13(5)27)22(34-14(6)28)20(18)32-12(4)26/h15-22H,7-8H2,1-6H3. The molecule has 2 aliphatic carbocycles. The van der Waals surface area contributed by atoms with E-state index in [4.69, 9.17) is 28.4 Å². The van der Waals surface area contributed by atoms with E-state index in [0.29, 0.717) is 0 Å². The highest BCUT2D eigenvalue weighted by atomic mass is 16.6. The van der Waals surface area contributed by atoms with Crippen LogP contribution in [0, 0.1) is 11.8 Å². The van der Waals surface area contributed by atoms with Crippen LogP contribution < -0.4 is 0 Å². The van der Waals surface area contributed by atoms with Gasteiger partial charge in [-0.15, -0.1) is 0 Å². The topological polar surface area (TPSA) is 158 Å². The van der Waals surface area contributed by atoms with Crippen LogP contribution in [-0.2, 0) is 57.2 Å². The van der Waals surface area contributed by atoms with Crippen LogP contribution >= 0.6 is 0 Å². The van der Waals surface area contributed by atoms with Gasteiger partial charge in [0.2, 0.25) is 0 Å². The molecule has 0 aromatic carbocycles. The first-order chi connectivity index (χ1) is 15.8. The van der Waals surface area contributed by atoms with E-state index in [9.17, 15) is 28.8 Å². The highest BCUT2D eigenvalue weighted by Crippen LogP contribution is 2.47. The molecule has 0 spiro atoms. The van der Waals surface area contributed by atoms with Crippen molar-refractivity contribution in [1.82, 2.24) is 0 Å². The van der Waals surface area contributed by atoms with E-state index in [0.717, 1.165) is 27.7 Å². The minimum atomic E-state index is -1.40. The van der Waals surface area contributed by atoms with Crippen molar-refractivity contribution in [2.24, 2.45) is 11.8 Å². The van der Waals surface area contributed by atoms with Gasteiger partial charge >= 0.3 is 35.8 Å². The molecular weight excluding hydrogens is 456 g/mol. The molecule has 8 unspecified atom stereocenters. The zero-order chi connectivity index (χ0) is 25.7. The quantitative estimate of drug-likeness (QED) is 0.381. The summed E-state index contributed by atoms with van der Waals surface area (Å²) in [4.78, 5) is 71.7. The zero-order valence-electron chi connectivity index (χ0n) is 19.9. The molecule has 8 atom stereocenters. The summed E-state index contributed by atoms with van der Waals surface area (Å²) in [6, 6.07) is 0. The Bertz CT molecular complexity index is 768. The van der Waals surface area contributed by atoms with Gasteiger partial charge in [0.15, 0.2) is 12.2 Å². The second-order valence-corrected chi connectivity index (χ2v) is 8.32. The second kappa shape index (κ2) is 11.3. The van der Waals surface area contributed by atoms with E-state index in [1.807, 2.05) is 0 Å². The van der Waals surface area contributed by atoms with Gasteiger partial charge in [0.1, 0.15) is 24.4 Å². The average molecular weight is 486 g/mol. The van der Waals surface area contributed by atoms with Crippen LogP contribution in [-0.4, -0.2) is 72.4 Å². The summed E-state index contributed by atoms with van der Waals surface area (Å²) < 4.78 is 32.9. The molecule has 0 aromatic rings. The van der Waals surface area contributed by atoms with Gasteiger partial charge in [-0.05, 0) is 12.8 Å². The smallest absolute Gasteiger partial charge is 0.303 e. The van der Waals surface area contributed by atoms with Gasteiger partial charge in [-0.3, -0.25) is 28.8 Å². The molecule has 0 bridgehead atoms. The molecule has 34 heavy (non-hydrogen) atoms. The molecule has 0 saturated heterocycles. The lowest BCUT2D eigenvalue weighted by molar-refractivity contribution is -0.259. The maximum atomic E-state index is 12.0. The van der Waals surface area contributed by atoms with Crippen LogP contribution in [0.3, 0.4) is 0 Å². The third-order valence-corrected chi connectivity index (χ3v) is 5.61. The summed E-state index contributed by atoms with van der Waals surface area (Å²) in [5, 5.41) is 0. The average Bonchev–Trinajstić information content (AvgIpc) is 2.66. The molecule has 0 N–H and O–H groups in total. The monoisotopic (exact) mass is 486 g/mol. The Hall–Kier alpha value is -3.18. The minimum absolute atomic E-state index is 0.217. The van der Waals surface area contributed by atoms with Gasteiger partial charge in [0, 0.05) is 53.4 Å². The van der Waals surface area contributed by atoms with Crippen molar-refractivity contribution in [3.05, 3.63) is 0 Å². The molecular formula is C22H30O12. The number of esters is 6. The fourth-order valence-electron chi connectivity index (χ4n) is 4.91. The normalized spacial score (nSPS) is 32.3. The van der Waals surface area contributed by atoms with E-state index in [2.05, 4.69) is 0 Å². The van der Waals surface area contributed by atoms with Gasteiger partial charge in [-0.1, -0.05) is 0 Å². The summed E-state index contributed by atoms with van der Waals surface area (Å²) in [5.74, 6) is -6.14. The molecule has 0 heterocycles. The van der Waals surface area contributed by atoms with Crippen LogP contribution in [0.4, 0.5) is 0 Å². The zero-order valence-corrected chi connectivity index (χ0v) is 19.9. The molecule has 2 aliphatic rings. The molecule has 0 aromatic heterocycles. The van der Waals surface area contributed by atoms with E-state index in [1.54, 1.807) is 0 Å². The number of carbonyl (C=O) groups excluding carboxylic acids is 6. The highest BCUT2D eigenvalue weighted by Gasteiger charge is 2.63. The van der Waals surface area contributed by atoms with Crippen molar-refractivity contribution in [2.45, 2.75) is 91.0 Å². The van der Waals surface area contributed by atoms with Crippen LogP contribution in [0.5, 0.6) is 0 Å². The summed E-state index contributed by atoms with van der Waals surface area (Å²) in [6.07, 6.45) is -6.64. The summed E-state index contributed by atoms with van der Waals surface area (Å²) >= 11 is 0. The third-order valence-electron chi connectivity index (χ3n) is 5.61. The molecule has 0 radical (unpaired) electrons. The SMILES string of the molecule is CC(=O)OC1CCC(OC(C)=O)C2C(OC(C)=O)C(OC(C)=O)C(OC(C)=O)C(OC(C)=O)C12. The summed E-state index contributed by atoms with van der Waals surface area (Å²) in [5.41, 5.74) is 0. The lowest BCUT2D eigenvalue weighted by atomic mass is 9.63. The van der Waals surface area contributed by atoms with Gasteiger partial charge in [0.25, 0.3) is 0 Å². The molecule has 190 valence electrons. The Morgan fingerprint density at radius 2 is 0.647 bits per heavy atom. The molecule has 2 fully saturated rings. The van der Waals surface area contributed by atoms with Crippen molar-refractivity contribution < 1.29 is 57.2 Å². The molecule has 0 aliphatic heterocycles. The number of ether oxygens (including phenoxy) is 6. The highest BCUT2D eigenvalue weighted by molar-refractivity contribution is 5.70. The predicted molar refractivity (Wildman–Crippen MR) is 110 cm³/mol. The molecule has 2 saturated carbocycles. The van der Waals surface area contributed by atoms with Crippen LogP contribution in [0.25, 0.3) is 0 Å². The first-order valence-electron chi connectivity index (χ1n) is 10.8. The predicted octanol–water partition coefficient (Wildman–Crippen LogP) is 0.616. The van der Waals surface area contributed by atoms with Gasteiger partial charge < -0.3 is 28.4 Å². The maximum absolute atomic E-state index is 12.0.